The van der Waals surface area contributed by atoms with E-state index in [0.717, 1.165) is 36.4 Å². The van der Waals surface area contributed by atoms with Crippen LogP contribution in [0.4, 0.5) is 32.0 Å². The molecule has 0 aliphatic carbocycles. The van der Waals surface area contributed by atoms with Gasteiger partial charge in [-0.25, -0.2) is 0 Å². The minimum Gasteiger partial charge on any atom is -0.457 e. The fraction of sp³-hybridized carbons (Fsp3) is 0.0909. The van der Waals surface area contributed by atoms with Crippen LogP contribution >= 0.6 is 0 Å². The largest absolute Gasteiger partial charge is 0.457 e. The van der Waals surface area contributed by atoms with Gasteiger partial charge in [-0.3, -0.25) is 15.6 Å². The third-order valence-corrected chi connectivity index (χ3v) is 4.30. The Balaban J connectivity index is 1.65. The second kappa shape index (κ2) is 9.12. The number of halogens is 6. The summed E-state index contributed by atoms with van der Waals surface area (Å²) in [6, 6.07) is 13.8. The molecule has 0 aliphatic rings. The van der Waals surface area contributed by atoms with Gasteiger partial charge >= 0.3 is 12.4 Å². The lowest BCUT2D eigenvalue weighted by molar-refractivity contribution is -0.138. The third kappa shape index (κ3) is 5.94. The first-order valence-electron chi connectivity index (χ1n) is 9.10. The van der Waals surface area contributed by atoms with Crippen LogP contribution in [0, 0.1) is 11.3 Å². The molecule has 2 N–H and O–H groups in total. The lowest BCUT2D eigenvalue weighted by Crippen LogP contribution is -2.30. The van der Waals surface area contributed by atoms with E-state index in [2.05, 4.69) is 10.9 Å². The minimum atomic E-state index is -4.75. The predicted molar refractivity (Wildman–Crippen MR) is 105 cm³/mol. The van der Waals surface area contributed by atoms with Crippen LogP contribution < -0.4 is 15.6 Å². The summed E-state index contributed by atoms with van der Waals surface area (Å²) in [7, 11) is 0. The fourth-order valence-corrected chi connectivity index (χ4v) is 2.68. The van der Waals surface area contributed by atoms with Crippen LogP contribution in [0.25, 0.3) is 0 Å². The molecule has 0 unspecified atom stereocenters. The van der Waals surface area contributed by atoms with Gasteiger partial charge in [0.15, 0.2) is 0 Å². The summed E-state index contributed by atoms with van der Waals surface area (Å²) >= 11 is 0. The highest BCUT2D eigenvalue weighted by Crippen LogP contribution is 2.35. The summed E-state index contributed by atoms with van der Waals surface area (Å²) in [6.45, 7) is 0. The van der Waals surface area contributed by atoms with E-state index < -0.39 is 35.1 Å². The van der Waals surface area contributed by atoms with Crippen LogP contribution in [0.15, 0.2) is 66.7 Å². The van der Waals surface area contributed by atoms with Gasteiger partial charge in [0.1, 0.15) is 11.5 Å². The molecule has 0 atom stereocenters. The lowest BCUT2D eigenvalue weighted by atomic mass is 10.1. The first-order valence-corrected chi connectivity index (χ1v) is 9.10. The molecule has 170 valence electrons. The zero-order valence-corrected chi connectivity index (χ0v) is 16.4. The number of ether oxygens (including phenoxy) is 1. The number of hydrogen-bond donors (Lipinski definition) is 2. The second-order valence-electron chi connectivity index (χ2n) is 6.60. The van der Waals surface area contributed by atoms with Crippen LogP contribution in [0.2, 0.25) is 0 Å². The highest BCUT2D eigenvalue weighted by Gasteiger charge is 2.34. The molecule has 0 aromatic heterocycles. The SMILES string of the molecule is N#Cc1ccc(NNC(=O)c2ccc(Oc3ccc(C(F)(F)F)cc3)cc2)c(C(F)(F)F)c1. The number of amides is 1. The van der Waals surface area contributed by atoms with Crippen molar-refractivity contribution in [2.24, 2.45) is 0 Å². The van der Waals surface area contributed by atoms with Gasteiger partial charge in [-0.2, -0.15) is 31.6 Å². The normalized spacial score (nSPS) is 11.4. The average molecular weight is 465 g/mol. The van der Waals surface area contributed by atoms with Crippen LogP contribution in [0.3, 0.4) is 0 Å². The molecule has 0 fully saturated rings. The molecule has 0 bridgehead atoms. The molecule has 0 saturated heterocycles. The summed E-state index contributed by atoms with van der Waals surface area (Å²) in [5.74, 6) is -0.387. The van der Waals surface area contributed by atoms with E-state index >= 15 is 0 Å². The molecule has 0 spiro atoms. The quantitative estimate of drug-likeness (QED) is 0.350. The number of nitrogens with one attached hydrogen (secondary N) is 2. The number of benzene rings is 3. The van der Waals surface area contributed by atoms with Crippen molar-refractivity contribution < 1.29 is 35.9 Å². The van der Waals surface area contributed by atoms with E-state index in [0.29, 0.717) is 6.07 Å². The van der Waals surface area contributed by atoms with Crippen molar-refractivity contribution in [3.05, 3.63) is 89.0 Å². The summed E-state index contributed by atoms with van der Waals surface area (Å²) in [6.07, 6.45) is -9.22. The standard InChI is InChI=1S/C22H13F6N3O2/c23-21(24,25)15-4-8-17(9-5-15)33-16-6-2-14(3-7-16)20(32)31-30-19-10-1-13(12-29)11-18(19)22(26,27)28/h1-11,30H,(H,31,32). The van der Waals surface area contributed by atoms with Crippen molar-refractivity contribution in [2.75, 3.05) is 5.43 Å². The fourth-order valence-electron chi connectivity index (χ4n) is 2.68. The minimum absolute atomic E-state index is 0.0736. The number of nitriles is 1. The van der Waals surface area contributed by atoms with Crippen molar-refractivity contribution in [1.82, 2.24) is 5.43 Å². The number of nitrogens with zero attached hydrogens (tertiary/aromatic N) is 1. The number of anilines is 1. The Morgan fingerprint density at radius 2 is 1.39 bits per heavy atom. The first-order chi connectivity index (χ1) is 15.5. The van der Waals surface area contributed by atoms with Crippen molar-refractivity contribution in [3.8, 4) is 17.6 Å². The maximum Gasteiger partial charge on any atom is 0.418 e. The number of hydrogen-bond acceptors (Lipinski definition) is 4. The van der Waals surface area contributed by atoms with E-state index in [1.165, 1.54) is 24.3 Å². The van der Waals surface area contributed by atoms with Crippen LogP contribution in [-0.2, 0) is 12.4 Å². The predicted octanol–water partition coefficient (Wildman–Crippen LogP) is 6.15. The molecule has 0 aliphatic heterocycles. The van der Waals surface area contributed by atoms with E-state index in [-0.39, 0.29) is 22.6 Å². The summed E-state index contributed by atoms with van der Waals surface area (Å²) < 4.78 is 82.8. The van der Waals surface area contributed by atoms with Gasteiger partial charge < -0.3 is 4.74 Å². The van der Waals surface area contributed by atoms with Gasteiger partial charge in [0.25, 0.3) is 5.91 Å². The van der Waals surface area contributed by atoms with Crippen molar-refractivity contribution in [3.63, 3.8) is 0 Å². The Bertz CT molecular complexity index is 1180. The third-order valence-electron chi connectivity index (χ3n) is 4.30. The number of rotatable bonds is 5. The number of carbonyl (C=O) groups excluding carboxylic acids is 1. The number of carbonyl (C=O) groups is 1. The summed E-state index contributed by atoms with van der Waals surface area (Å²) in [4.78, 5) is 12.2. The Labute approximate surface area is 183 Å². The van der Waals surface area contributed by atoms with E-state index in [1.54, 1.807) is 6.07 Å². The lowest BCUT2D eigenvalue weighted by Gasteiger charge is -2.15. The molecule has 33 heavy (non-hydrogen) atoms. The van der Waals surface area contributed by atoms with Crippen molar-refractivity contribution in [2.45, 2.75) is 12.4 Å². The van der Waals surface area contributed by atoms with Gasteiger partial charge in [0.2, 0.25) is 0 Å². The van der Waals surface area contributed by atoms with Gasteiger partial charge in [0.05, 0.1) is 28.4 Å². The first kappa shape index (κ1) is 23.5. The van der Waals surface area contributed by atoms with E-state index in [4.69, 9.17) is 10.00 Å². The maximum atomic E-state index is 13.2. The molecule has 3 rings (SSSR count). The molecular weight excluding hydrogens is 452 g/mol. The van der Waals surface area contributed by atoms with Crippen molar-refractivity contribution >= 4 is 11.6 Å². The van der Waals surface area contributed by atoms with Crippen LogP contribution in [-0.4, -0.2) is 5.91 Å². The molecule has 0 saturated carbocycles. The number of hydrazine groups is 1. The van der Waals surface area contributed by atoms with Gasteiger partial charge in [-0.05, 0) is 66.7 Å². The zero-order valence-electron chi connectivity index (χ0n) is 16.4. The molecular formula is C22H13F6N3O2. The van der Waals surface area contributed by atoms with E-state index in [9.17, 15) is 31.1 Å². The van der Waals surface area contributed by atoms with Gasteiger partial charge in [-0.15, -0.1) is 0 Å². The second-order valence-corrected chi connectivity index (χ2v) is 6.60. The highest BCUT2D eigenvalue weighted by molar-refractivity contribution is 5.95. The molecule has 5 nitrogen and oxygen atoms in total. The summed E-state index contributed by atoms with van der Waals surface area (Å²) in [5, 5.41) is 8.78. The number of alkyl halides is 6. The monoisotopic (exact) mass is 465 g/mol. The molecule has 0 radical (unpaired) electrons. The molecule has 1 amide bonds. The van der Waals surface area contributed by atoms with Gasteiger partial charge in [-0.1, -0.05) is 0 Å². The molecule has 11 heteroatoms. The molecule has 3 aromatic rings. The molecule has 0 heterocycles. The average Bonchev–Trinajstić information content (AvgIpc) is 2.77. The summed E-state index contributed by atoms with van der Waals surface area (Å²) in [5.41, 5.74) is 1.81. The van der Waals surface area contributed by atoms with Crippen LogP contribution in [0.1, 0.15) is 27.0 Å². The highest BCUT2D eigenvalue weighted by atomic mass is 19.4. The Hall–Kier alpha value is -4.20. The van der Waals surface area contributed by atoms with Crippen molar-refractivity contribution in [1.29, 1.82) is 5.26 Å². The van der Waals surface area contributed by atoms with Gasteiger partial charge in [0, 0.05) is 5.56 Å². The topological polar surface area (TPSA) is 74.2 Å². The van der Waals surface area contributed by atoms with E-state index in [1.807, 2.05) is 0 Å². The Kier molecular flexibility index (Phi) is 6.48. The maximum absolute atomic E-state index is 13.2. The molecule has 3 aromatic carbocycles. The van der Waals surface area contributed by atoms with Crippen LogP contribution in [0.5, 0.6) is 11.5 Å². The zero-order chi connectivity index (χ0) is 24.2. The Morgan fingerprint density at radius 1 is 0.818 bits per heavy atom. The smallest absolute Gasteiger partial charge is 0.418 e. The Morgan fingerprint density at radius 3 is 1.91 bits per heavy atom.